The van der Waals surface area contributed by atoms with Crippen molar-refractivity contribution >= 4 is 81.3 Å². The summed E-state index contributed by atoms with van der Waals surface area (Å²) in [6.07, 6.45) is -12.0. The summed E-state index contributed by atoms with van der Waals surface area (Å²) < 4.78 is 132. The average Bonchev–Trinajstić information content (AvgIpc) is 3.32. The van der Waals surface area contributed by atoms with Gasteiger partial charge in [-0.1, -0.05) is 35.3 Å². The molecule has 0 fully saturated rings. The Bertz CT molecular complexity index is 2940. The third-order valence-corrected chi connectivity index (χ3v) is 9.74. The highest BCUT2D eigenvalue weighted by atomic mass is 35.5. The number of ether oxygens (including phenoxy) is 1. The first-order valence-corrected chi connectivity index (χ1v) is 21.5. The van der Waals surface area contributed by atoms with Gasteiger partial charge in [-0.25, -0.2) is 18.8 Å². The van der Waals surface area contributed by atoms with E-state index in [1.54, 1.807) is 54.6 Å². The van der Waals surface area contributed by atoms with Gasteiger partial charge in [-0.3, -0.25) is 9.78 Å². The largest absolute Gasteiger partial charge is 0.457 e. The number of carbonyl (C=O) groups is 4. The van der Waals surface area contributed by atoms with Crippen molar-refractivity contribution in [1.82, 2.24) is 10.3 Å². The van der Waals surface area contributed by atoms with Gasteiger partial charge in [0.25, 0.3) is 5.91 Å². The molecule has 0 aliphatic rings. The molecule has 74 heavy (non-hydrogen) atoms. The van der Waals surface area contributed by atoms with E-state index in [-0.39, 0.29) is 34.4 Å². The smallest absolute Gasteiger partial charge is 0.417 e. The molecule has 7 aromatic rings. The van der Waals surface area contributed by atoms with Crippen LogP contribution in [-0.4, -0.2) is 36.0 Å². The SMILES string of the molecule is CNC(=O)c1cc(Oc2ccc(NC(=O)Nc3ccc(Cl)c(C(F)(F)F)c3)cc2)ccn1.O=C(Nc1ccc(C(F)(F)F)cc1)Nc1cccc(Cl)c1.O=C(Nc1ccc(C(F)(F)F)cc1)Nc1cccc(F)c1. The van der Waals surface area contributed by atoms with Gasteiger partial charge < -0.3 is 42.0 Å². The Morgan fingerprint density at radius 3 is 1.35 bits per heavy atom. The fraction of sp³-hybridized carbons (Fsp3) is 0.0816. The van der Waals surface area contributed by atoms with Crippen LogP contribution in [0.2, 0.25) is 10.0 Å². The van der Waals surface area contributed by atoms with Gasteiger partial charge in [0.2, 0.25) is 0 Å². The highest BCUT2D eigenvalue weighted by Crippen LogP contribution is 2.36. The quantitative estimate of drug-likeness (QED) is 0.0709. The van der Waals surface area contributed by atoms with Crippen LogP contribution in [0.5, 0.6) is 11.5 Å². The topological polar surface area (TPSA) is 175 Å². The molecule has 7 N–H and O–H groups in total. The number of hydrogen-bond acceptors (Lipinski definition) is 6. The van der Waals surface area contributed by atoms with E-state index in [4.69, 9.17) is 27.9 Å². The van der Waals surface area contributed by atoms with Crippen LogP contribution >= 0.6 is 23.2 Å². The number of halogens is 12. The highest BCUT2D eigenvalue weighted by Gasteiger charge is 2.34. The molecule has 1 heterocycles. The summed E-state index contributed by atoms with van der Waals surface area (Å²) in [5, 5.41) is 16.9. The Kier molecular flexibility index (Phi) is 19.2. The van der Waals surface area contributed by atoms with Crippen LogP contribution in [0, 0.1) is 5.82 Å². The average molecular weight is 1080 g/mol. The maximum Gasteiger partial charge on any atom is 0.417 e. The minimum absolute atomic E-state index is 0.0659. The molecule has 0 atom stereocenters. The lowest BCUT2D eigenvalue weighted by Crippen LogP contribution is -2.19. The standard InChI is InChI=1S/C21H16ClF3N4O3.C14H10ClF3N2O.C14H10F4N2O/c1-26-19(30)18-11-15(8-9-27-18)32-14-5-2-12(3-6-14)28-20(31)29-13-4-7-17(22)16(10-13)21(23,24)25;2*15-10-2-1-3-12(8-10)20-13(21)19-11-6-4-9(5-7-11)14(16,17)18/h2-11H,1H3,(H,26,30)(H2,28,29,31);2*1-8H,(H2,19,20,21). The van der Waals surface area contributed by atoms with E-state index >= 15 is 0 Å². The minimum Gasteiger partial charge on any atom is -0.457 e. The number of carbonyl (C=O) groups excluding carboxylic acids is 4. The molecule has 13 nitrogen and oxygen atoms in total. The zero-order chi connectivity index (χ0) is 54.2. The van der Waals surface area contributed by atoms with Crippen molar-refractivity contribution in [3.8, 4) is 11.5 Å². The van der Waals surface area contributed by atoms with Gasteiger partial charge in [-0.15, -0.1) is 0 Å². The molecule has 0 radical (unpaired) electrons. The normalized spacial score (nSPS) is 11.0. The van der Waals surface area contributed by atoms with E-state index in [1.807, 2.05) is 0 Å². The first-order chi connectivity index (χ1) is 34.8. The third-order valence-electron chi connectivity index (χ3n) is 9.17. The van der Waals surface area contributed by atoms with Gasteiger partial charge in [-0.2, -0.15) is 39.5 Å². The molecular formula is C49H36Cl2F10N8O5. The molecule has 0 bridgehead atoms. The molecular weight excluding hydrogens is 1040 g/mol. The molecule has 25 heteroatoms. The Hall–Kier alpha value is -8.57. The van der Waals surface area contributed by atoms with Crippen molar-refractivity contribution < 1.29 is 67.8 Å². The molecule has 386 valence electrons. The van der Waals surface area contributed by atoms with Gasteiger partial charge >= 0.3 is 36.6 Å². The van der Waals surface area contributed by atoms with Crippen molar-refractivity contribution in [3.63, 3.8) is 0 Å². The number of benzene rings is 6. The number of anilines is 6. The van der Waals surface area contributed by atoms with Gasteiger partial charge in [0.15, 0.2) is 0 Å². The van der Waals surface area contributed by atoms with E-state index in [1.165, 1.54) is 55.7 Å². The number of rotatable bonds is 9. The van der Waals surface area contributed by atoms with Crippen LogP contribution in [0.15, 0.2) is 158 Å². The van der Waals surface area contributed by atoms with E-state index in [2.05, 4.69) is 42.2 Å². The Morgan fingerprint density at radius 2 is 0.905 bits per heavy atom. The predicted molar refractivity (Wildman–Crippen MR) is 259 cm³/mol. The lowest BCUT2D eigenvalue weighted by atomic mass is 10.2. The summed E-state index contributed by atoms with van der Waals surface area (Å²) >= 11 is 11.3. The second-order valence-electron chi connectivity index (χ2n) is 14.7. The number of nitrogens with zero attached hydrogens (tertiary/aromatic N) is 1. The molecule has 0 aliphatic heterocycles. The predicted octanol–water partition coefficient (Wildman–Crippen LogP) is 15.0. The number of hydrogen-bond donors (Lipinski definition) is 7. The van der Waals surface area contributed by atoms with Gasteiger partial charge in [0, 0.05) is 58.5 Å². The first kappa shape index (κ1) is 56.3. The van der Waals surface area contributed by atoms with Gasteiger partial charge in [-0.05, 0) is 133 Å². The Labute approximate surface area is 423 Å². The molecule has 1 aromatic heterocycles. The number of urea groups is 3. The lowest BCUT2D eigenvalue weighted by Gasteiger charge is -2.12. The molecule has 0 saturated carbocycles. The third kappa shape index (κ3) is 18.2. The van der Waals surface area contributed by atoms with E-state index in [0.717, 1.165) is 54.6 Å². The Morgan fingerprint density at radius 1 is 0.473 bits per heavy atom. The molecule has 6 aromatic carbocycles. The summed E-state index contributed by atoms with van der Waals surface area (Å²) in [6, 6.07) is 30.2. The number of amides is 7. The zero-order valence-electron chi connectivity index (χ0n) is 37.5. The van der Waals surface area contributed by atoms with Crippen molar-refractivity contribution in [2.24, 2.45) is 0 Å². The fourth-order valence-electron chi connectivity index (χ4n) is 5.79. The summed E-state index contributed by atoms with van der Waals surface area (Å²) in [7, 11) is 1.49. The van der Waals surface area contributed by atoms with Crippen LogP contribution in [-0.2, 0) is 18.5 Å². The zero-order valence-corrected chi connectivity index (χ0v) is 39.0. The maximum absolute atomic E-state index is 12.9. The van der Waals surface area contributed by atoms with Crippen LogP contribution in [0.4, 0.5) is 92.4 Å². The van der Waals surface area contributed by atoms with Crippen LogP contribution in [0.3, 0.4) is 0 Å². The molecule has 7 rings (SSSR count). The number of alkyl halides is 9. The minimum atomic E-state index is -4.64. The second-order valence-corrected chi connectivity index (χ2v) is 15.5. The molecule has 0 spiro atoms. The fourth-order valence-corrected chi connectivity index (χ4v) is 6.20. The molecule has 0 unspecified atom stereocenters. The van der Waals surface area contributed by atoms with Gasteiger partial charge in [0.05, 0.1) is 21.7 Å². The molecule has 7 amide bonds. The van der Waals surface area contributed by atoms with Crippen molar-refractivity contribution in [2.45, 2.75) is 18.5 Å². The first-order valence-electron chi connectivity index (χ1n) is 20.8. The number of aromatic nitrogens is 1. The van der Waals surface area contributed by atoms with Crippen LogP contribution in [0.1, 0.15) is 27.2 Å². The van der Waals surface area contributed by atoms with Crippen LogP contribution in [0.25, 0.3) is 0 Å². The maximum atomic E-state index is 12.9. The molecule has 0 saturated heterocycles. The summed E-state index contributed by atoms with van der Waals surface area (Å²) in [5.41, 5.74) is -0.970. The highest BCUT2D eigenvalue weighted by molar-refractivity contribution is 6.31. The summed E-state index contributed by atoms with van der Waals surface area (Å²) in [6.45, 7) is 0. The van der Waals surface area contributed by atoms with Crippen LogP contribution < -0.4 is 42.0 Å². The van der Waals surface area contributed by atoms with E-state index in [9.17, 15) is 63.1 Å². The number of nitrogens with one attached hydrogen (secondary N) is 7. The van der Waals surface area contributed by atoms with E-state index < -0.39 is 64.2 Å². The lowest BCUT2D eigenvalue weighted by molar-refractivity contribution is -0.138. The summed E-state index contributed by atoms with van der Waals surface area (Å²) in [4.78, 5) is 51.0. The van der Waals surface area contributed by atoms with Crippen molar-refractivity contribution in [1.29, 1.82) is 0 Å². The molecule has 0 aliphatic carbocycles. The second kappa shape index (κ2) is 25.2. The van der Waals surface area contributed by atoms with Crippen molar-refractivity contribution in [3.05, 3.63) is 196 Å². The number of pyridine rings is 1. The van der Waals surface area contributed by atoms with Crippen molar-refractivity contribution in [2.75, 3.05) is 38.9 Å². The monoisotopic (exact) mass is 1080 g/mol. The summed E-state index contributed by atoms with van der Waals surface area (Å²) in [5.74, 6) is -0.0517. The van der Waals surface area contributed by atoms with E-state index in [0.29, 0.717) is 27.9 Å². The van der Waals surface area contributed by atoms with Gasteiger partial charge in [0.1, 0.15) is 23.0 Å². The Balaban J connectivity index is 0.000000213.